The number of nitrogens with two attached hydrogens (primary N) is 1. The molecule has 0 radical (unpaired) electrons. The second-order valence-electron chi connectivity index (χ2n) is 11.5. The van der Waals surface area contributed by atoms with Crippen LogP contribution in [0.4, 0.5) is 10.5 Å². The standard InChI is InChI=1S/C33H47N5O4/c34-32(40)27-14-20-37(21-15-27)19-8-2-5-11-28(39)25-35-18-24-38-22-16-29(17-23-38)42-33(41)36-31-13-7-6-12-30(31)26-9-3-1-4-10-26/h1,3-4,6-7,9-10,12-13,27,29,35H,2,5,8,11,14-25H2,(H2,34,40)(H,36,41). The monoisotopic (exact) mass is 577 g/mol. The van der Waals surface area contributed by atoms with Crippen molar-refractivity contribution in [2.24, 2.45) is 11.7 Å². The number of piperidine rings is 2. The van der Waals surface area contributed by atoms with E-state index in [-0.39, 0.29) is 23.7 Å². The van der Waals surface area contributed by atoms with Crippen LogP contribution >= 0.6 is 0 Å². The summed E-state index contributed by atoms with van der Waals surface area (Å²) in [6, 6.07) is 17.7. The minimum Gasteiger partial charge on any atom is -0.446 e. The Morgan fingerprint density at radius 2 is 1.48 bits per heavy atom. The summed E-state index contributed by atoms with van der Waals surface area (Å²) in [4.78, 5) is 40.9. The number of hydrogen-bond acceptors (Lipinski definition) is 7. The van der Waals surface area contributed by atoms with Gasteiger partial charge in [0.15, 0.2) is 0 Å². The first-order chi connectivity index (χ1) is 20.5. The topological polar surface area (TPSA) is 117 Å². The van der Waals surface area contributed by atoms with Crippen molar-refractivity contribution in [3.63, 3.8) is 0 Å². The average Bonchev–Trinajstić information content (AvgIpc) is 3.01. The van der Waals surface area contributed by atoms with Crippen LogP contribution in [0.25, 0.3) is 11.1 Å². The van der Waals surface area contributed by atoms with Crippen molar-refractivity contribution in [2.45, 2.75) is 57.5 Å². The molecule has 0 spiro atoms. The van der Waals surface area contributed by atoms with Crippen LogP contribution in [0.2, 0.25) is 0 Å². The third kappa shape index (κ3) is 10.5. The number of anilines is 1. The summed E-state index contributed by atoms with van der Waals surface area (Å²) in [7, 11) is 0. The number of nitrogens with one attached hydrogen (secondary N) is 2. The van der Waals surface area contributed by atoms with E-state index in [9.17, 15) is 14.4 Å². The van der Waals surface area contributed by atoms with Gasteiger partial charge in [-0.2, -0.15) is 0 Å². The molecule has 2 saturated heterocycles. The molecule has 2 aliphatic heterocycles. The number of unbranched alkanes of at least 4 members (excludes halogenated alkanes) is 2. The number of carbonyl (C=O) groups is 3. The van der Waals surface area contributed by atoms with Crippen LogP contribution in [0.5, 0.6) is 0 Å². The number of carbonyl (C=O) groups excluding carboxylic acids is 3. The molecule has 2 fully saturated rings. The fourth-order valence-corrected chi connectivity index (χ4v) is 5.83. The number of primary amides is 1. The first-order valence-corrected chi connectivity index (χ1v) is 15.6. The summed E-state index contributed by atoms with van der Waals surface area (Å²) < 4.78 is 5.74. The van der Waals surface area contributed by atoms with Crippen molar-refractivity contribution in [2.75, 3.05) is 57.7 Å². The minimum absolute atomic E-state index is 0.0419. The zero-order valence-electron chi connectivity index (χ0n) is 24.8. The molecule has 42 heavy (non-hydrogen) atoms. The summed E-state index contributed by atoms with van der Waals surface area (Å²) in [6.45, 7) is 6.74. The van der Waals surface area contributed by atoms with Gasteiger partial charge in [-0.1, -0.05) is 55.0 Å². The number of rotatable bonds is 15. The van der Waals surface area contributed by atoms with E-state index in [2.05, 4.69) is 20.4 Å². The Morgan fingerprint density at radius 1 is 0.810 bits per heavy atom. The second-order valence-corrected chi connectivity index (χ2v) is 11.5. The Kier molecular flexibility index (Phi) is 12.8. The lowest BCUT2D eigenvalue weighted by Crippen LogP contribution is -2.42. The van der Waals surface area contributed by atoms with Crippen molar-refractivity contribution in [3.05, 3.63) is 54.6 Å². The predicted molar refractivity (Wildman–Crippen MR) is 166 cm³/mol. The van der Waals surface area contributed by atoms with E-state index in [1.807, 2.05) is 54.6 Å². The van der Waals surface area contributed by atoms with Crippen LogP contribution in [-0.2, 0) is 14.3 Å². The second kappa shape index (κ2) is 17.0. The van der Waals surface area contributed by atoms with Crippen LogP contribution in [-0.4, -0.2) is 86.0 Å². The summed E-state index contributed by atoms with van der Waals surface area (Å²) in [6.07, 6.45) is 6.52. The lowest BCUT2D eigenvalue weighted by Gasteiger charge is -2.31. The van der Waals surface area contributed by atoms with E-state index in [0.717, 1.165) is 108 Å². The third-order valence-electron chi connectivity index (χ3n) is 8.40. The summed E-state index contributed by atoms with van der Waals surface area (Å²) in [5.41, 5.74) is 8.15. The van der Waals surface area contributed by atoms with Gasteiger partial charge in [0, 0.05) is 44.1 Å². The molecule has 9 nitrogen and oxygen atoms in total. The number of ketones is 1. The zero-order chi connectivity index (χ0) is 29.6. The summed E-state index contributed by atoms with van der Waals surface area (Å²) in [5, 5.41) is 6.22. The predicted octanol–water partition coefficient (Wildman–Crippen LogP) is 4.28. The smallest absolute Gasteiger partial charge is 0.411 e. The highest BCUT2D eigenvalue weighted by Crippen LogP contribution is 2.28. The minimum atomic E-state index is -0.415. The molecular formula is C33H47N5O4. The van der Waals surface area contributed by atoms with Gasteiger partial charge >= 0.3 is 6.09 Å². The van der Waals surface area contributed by atoms with E-state index in [1.54, 1.807) is 0 Å². The Bertz CT molecular complexity index is 1130. The molecule has 2 aromatic carbocycles. The Morgan fingerprint density at radius 3 is 2.21 bits per heavy atom. The van der Waals surface area contributed by atoms with Crippen molar-refractivity contribution in [3.8, 4) is 11.1 Å². The van der Waals surface area contributed by atoms with Crippen LogP contribution in [0.15, 0.2) is 54.6 Å². The van der Waals surface area contributed by atoms with Gasteiger partial charge in [-0.25, -0.2) is 4.79 Å². The highest BCUT2D eigenvalue weighted by atomic mass is 16.6. The van der Waals surface area contributed by atoms with Gasteiger partial charge in [0.2, 0.25) is 5.91 Å². The molecule has 0 atom stereocenters. The number of hydrogen-bond donors (Lipinski definition) is 3. The normalized spacial score (nSPS) is 17.1. The quantitative estimate of drug-likeness (QED) is 0.271. The fourth-order valence-electron chi connectivity index (χ4n) is 5.83. The number of para-hydroxylation sites is 1. The van der Waals surface area contributed by atoms with E-state index in [4.69, 9.17) is 10.5 Å². The van der Waals surface area contributed by atoms with Gasteiger partial charge in [0.05, 0.1) is 12.2 Å². The van der Waals surface area contributed by atoms with Gasteiger partial charge in [0.1, 0.15) is 11.9 Å². The molecule has 2 aromatic rings. The van der Waals surface area contributed by atoms with Crippen molar-refractivity contribution in [1.82, 2.24) is 15.1 Å². The Balaban J connectivity index is 1.01. The van der Waals surface area contributed by atoms with Crippen LogP contribution in [0, 0.1) is 5.92 Å². The maximum atomic E-state index is 12.6. The first kappa shape index (κ1) is 31.7. The Hall–Kier alpha value is -3.27. The lowest BCUT2D eigenvalue weighted by molar-refractivity contribution is -0.123. The maximum Gasteiger partial charge on any atom is 0.411 e. The highest BCUT2D eigenvalue weighted by Gasteiger charge is 2.23. The van der Waals surface area contributed by atoms with E-state index in [0.29, 0.717) is 13.0 Å². The number of benzene rings is 2. The van der Waals surface area contributed by atoms with Crippen molar-refractivity contribution < 1.29 is 19.1 Å². The molecule has 0 saturated carbocycles. The molecule has 2 aliphatic rings. The van der Waals surface area contributed by atoms with E-state index < -0.39 is 6.09 Å². The number of nitrogens with zero attached hydrogens (tertiary/aromatic N) is 2. The van der Waals surface area contributed by atoms with Gasteiger partial charge in [0.25, 0.3) is 0 Å². The van der Waals surface area contributed by atoms with E-state index in [1.165, 1.54) is 0 Å². The molecular weight excluding hydrogens is 530 g/mol. The number of amides is 2. The number of likely N-dealkylation sites (tertiary alicyclic amines) is 2. The van der Waals surface area contributed by atoms with Crippen molar-refractivity contribution in [1.29, 1.82) is 0 Å². The van der Waals surface area contributed by atoms with Crippen LogP contribution in [0.3, 0.4) is 0 Å². The molecule has 0 unspecified atom stereocenters. The molecule has 0 aromatic heterocycles. The molecule has 4 N–H and O–H groups in total. The van der Waals surface area contributed by atoms with Gasteiger partial charge in [-0.15, -0.1) is 0 Å². The fraction of sp³-hybridized carbons (Fsp3) is 0.545. The van der Waals surface area contributed by atoms with Crippen molar-refractivity contribution >= 4 is 23.5 Å². The zero-order valence-corrected chi connectivity index (χ0v) is 24.8. The number of ether oxygens (including phenoxy) is 1. The molecule has 2 amide bonds. The maximum absolute atomic E-state index is 12.6. The number of Topliss-reactive ketones (excluding diaryl/α,β-unsaturated/α-hetero) is 1. The molecule has 228 valence electrons. The molecule has 0 aliphatic carbocycles. The molecule has 0 bridgehead atoms. The SMILES string of the molecule is NC(=O)C1CCN(CCCCCC(=O)CNCCN2CCC(OC(=O)Nc3ccccc3-c3ccccc3)CC2)CC1. The summed E-state index contributed by atoms with van der Waals surface area (Å²) >= 11 is 0. The van der Waals surface area contributed by atoms with E-state index >= 15 is 0 Å². The molecule has 9 heteroatoms. The molecule has 4 rings (SSSR count). The Labute approximate surface area is 250 Å². The van der Waals surface area contributed by atoms with Gasteiger partial charge in [-0.05, 0) is 69.8 Å². The summed E-state index contributed by atoms with van der Waals surface area (Å²) in [5.74, 6) is 0.143. The average molecular weight is 578 g/mol. The van der Waals surface area contributed by atoms with Crippen LogP contribution in [0.1, 0.15) is 51.4 Å². The lowest BCUT2D eigenvalue weighted by atomic mass is 9.96. The third-order valence-corrected chi connectivity index (χ3v) is 8.40. The first-order valence-electron chi connectivity index (χ1n) is 15.6. The van der Waals surface area contributed by atoms with Gasteiger partial charge in [-0.3, -0.25) is 14.9 Å². The largest absolute Gasteiger partial charge is 0.446 e. The van der Waals surface area contributed by atoms with Crippen LogP contribution < -0.4 is 16.4 Å². The highest BCUT2D eigenvalue weighted by molar-refractivity contribution is 5.91. The van der Waals surface area contributed by atoms with Gasteiger partial charge < -0.3 is 25.6 Å². The molecule has 2 heterocycles.